The number of hydrogen-bond donors (Lipinski definition) is 2. The summed E-state index contributed by atoms with van der Waals surface area (Å²) < 4.78 is 37.4. The number of hydrogen-bond acceptors (Lipinski definition) is 5. The molecule has 3 N–H and O–H groups in total. The molecule has 1 aromatic rings. The molecule has 0 aliphatic heterocycles. The number of nitrogens with two attached hydrogens (primary N) is 1. The van der Waals surface area contributed by atoms with Crippen LogP contribution in [0.25, 0.3) is 0 Å². The van der Waals surface area contributed by atoms with E-state index < -0.39 is 15.6 Å². The van der Waals surface area contributed by atoms with E-state index in [1.165, 1.54) is 19.2 Å². The van der Waals surface area contributed by atoms with Crippen LogP contribution in [0.1, 0.15) is 20.8 Å². The van der Waals surface area contributed by atoms with Crippen LogP contribution < -0.4 is 15.2 Å². The van der Waals surface area contributed by atoms with Gasteiger partial charge in [-0.1, -0.05) is 0 Å². The second-order valence-corrected chi connectivity index (χ2v) is 6.66. The van der Waals surface area contributed by atoms with E-state index in [9.17, 15) is 8.42 Å². The normalized spacial score (nSPS) is 12.4. The third-order valence-corrected chi connectivity index (χ3v) is 4.20. The van der Waals surface area contributed by atoms with Crippen LogP contribution in [0.2, 0.25) is 0 Å². The quantitative estimate of drug-likeness (QED) is 0.742. The van der Waals surface area contributed by atoms with E-state index in [-0.39, 0.29) is 17.1 Å². The van der Waals surface area contributed by atoms with Gasteiger partial charge in [-0.2, -0.15) is 0 Å². The summed E-state index contributed by atoms with van der Waals surface area (Å²) >= 11 is 0. The van der Waals surface area contributed by atoms with Gasteiger partial charge in [-0.05, 0) is 32.9 Å². The Morgan fingerprint density at radius 3 is 2.50 bits per heavy atom. The fraction of sp³-hybridized carbons (Fsp3) is 0.538. The van der Waals surface area contributed by atoms with Crippen molar-refractivity contribution in [2.75, 3.05) is 26.0 Å². The number of nitrogen functional groups attached to an aromatic ring is 1. The first-order valence-electron chi connectivity index (χ1n) is 6.29. The summed E-state index contributed by atoms with van der Waals surface area (Å²) in [5, 5.41) is 0. The molecule has 0 fully saturated rings. The van der Waals surface area contributed by atoms with Crippen molar-refractivity contribution in [1.82, 2.24) is 4.72 Å². The number of nitrogens with one attached hydrogen (secondary N) is 1. The van der Waals surface area contributed by atoms with Crippen molar-refractivity contribution in [2.45, 2.75) is 31.3 Å². The second-order valence-electron chi connectivity index (χ2n) is 4.92. The lowest BCUT2D eigenvalue weighted by Crippen LogP contribution is -2.40. The number of benzene rings is 1. The molecule has 0 atom stereocenters. The minimum Gasteiger partial charge on any atom is -0.497 e. The van der Waals surface area contributed by atoms with Gasteiger partial charge in [0.15, 0.2) is 0 Å². The molecule has 20 heavy (non-hydrogen) atoms. The molecule has 1 aromatic carbocycles. The van der Waals surface area contributed by atoms with Crippen LogP contribution in [0.3, 0.4) is 0 Å². The molecule has 0 saturated heterocycles. The highest BCUT2D eigenvalue weighted by molar-refractivity contribution is 7.89. The Labute approximate surface area is 120 Å². The minimum absolute atomic E-state index is 0.0330. The van der Waals surface area contributed by atoms with Gasteiger partial charge in [0.05, 0.1) is 18.4 Å². The molecule has 0 radical (unpaired) electrons. The van der Waals surface area contributed by atoms with E-state index >= 15 is 0 Å². The maximum absolute atomic E-state index is 12.2. The molecule has 114 valence electrons. The Hall–Kier alpha value is -1.31. The summed E-state index contributed by atoms with van der Waals surface area (Å²) in [7, 11) is -2.19. The Bertz CT molecular complexity index is 555. The van der Waals surface area contributed by atoms with E-state index in [1.54, 1.807) is 6.07 Å². The lowest BCUT2D eigenvalue weighted by molar-refractivity contribution is -0.00514. The highest BCUT2D eigenvalue weighted by Crippen LogP contribution is 2.23. The van der Waals surface area contributed by atoms with Gasteiger partial charge >= 0.3 is 0 Å². The second kappa shape index (κ2) is 6.43. The summed E-state index contributed by atoms with van der Waals surface area (Å²) in [6.07, 6.45) is 0. The molecule has 0 spiro atoms. The zero-order valence-electron chi connectivity index (χ0n) is 12.3. The molecule has 7 heteroatoms. The molecule has 0 aliphatic carbocycles. The SMILES string of the molecule is CCOC(C)(C)CNS(=O)(=O)c1ccc(OC)cc1N. The van der Waals surface area contributed by atoms with Gasteiger partial charge < -0.3 is 15.2 Å². The van der Waals surface area contributed by atoms with Crippen molar-refractivity contribution in [3.05, 3.63) is 18.2 Å². The molecular weight excluding hydrogens is 280 g/mol. The van der Waals surface area contributed by atoms with Crippen LogP contribution in [0.4, 0.5) is 5.69 Å². The molecule has 0 bridgehead atoms. The van der Waals surface area contributed by atoms with Crippen LogP contribution in [0.15, 0.2) is 23.1 Å². The topological polar surface area (TPSA) is 90.6 Å². The van der Waals surface area contributed by atoms with E-state index in [1.807, 2.05) is 20.8 Å². The molecule has 0 amide bonds. The number of rotatable bonds is 7. The van der Waals surface area contributed by atoms with Gasteiger partial charge in [-0.15, -0.1) is 0 Å². The molecule has 6 nitrogen and oxygen atoms in total. The molecule has 1 rings (SSSR count). The Morgan fingerprint density at radius 2 is 2.00 bits per heavy atom. The van der Waals surface area contributed by atoms with E-state index in [2.05, 4.69) is 4.72 Å². The van der Waals surface area contributed by atoms with Crippen molar-refractivity contribution in [3.63, 3.8) is 0 Å². The highest BCUT2D eigenvalue weighted by atomic mass is 32.2. The molecule has 0 aromatic heterocycles. The van der Waals surface area contributed by atoms with Crippen molar-refractivity contribution in [1.29, 1.82) is 0 Å². The average molecular weight is 302 g/mol. The van der Waals surface area contributed by atoms with Crippen molar-refractivity contribution >= 4 is 15.7 Å². The predicted octanol–water partition coefficient (Wildman–Crippen LogP) is 1.37. The highest BCUT2D eigenvalue weighted by Gasteiger charge is 2.24. The smallest absolute Gasteiger partial charge is 0.242 e. The molecule has 0 saturated carbocycles. The average Bonchev–Trinajstić information content (AvgIpc) is 2.36. The largest absolute Gasteiger partial charge is 0.497 e. The first kappa shape index (κ1) is 16.7. The first-order valence-corrected chi connectivity index (χ1v) is 7.77. The number of anilines is 1. The number of ether oxygens (including phenoxy) is 2. The summed E-state index contributed by atoms with van der Waals surface area (Å²) in [4.78, 5) is 0.0330. The van der Waals surface area contributed by atoms with Crippen molar-refractivity contribution in [3.8, 4) is 5.75 Å². The van der Waals surface area contributed by atoms with Gasteiger partial charge in [0, 0.05) is 19.2 Å². The first-order chi connectivity index (χ1) is 9.22. The van der Waals surface area contributed by atoms with E-state index in [4.69, 9.17) is 15.2 Å². The summed E-state index contributed by atoms with van der Waals surface area (Å²) in [6.45, 7) is 6.17. The van der Waals surface area contributed by atoms with Crippen LogP contribution in [0.5, 0.6) is 5.75 Å². The van der Waals surface area contributed by atoms with Gasteiger partial charge in [0.25, 0.3) is 0 Å². The number of sulfonamides is 1. The van der Waals surface area contributed by atoms with Gasteiger partial charge in [-0.3, -0.25) is 0 Å². The zero-order valence-corrected chi connectivity index (χ0v) is 13.1. The van der Waals surface area contributed by atoms with Gasteiger partial charge in [-0.25, -0.2) is 13.1 Å². The predicted molar refractivity (Wildman–Crippen MR) is 78.3 cm³/mol. The lowest BCUT2D eigenvalue weighted by atomic mass is 10.1. The molecule has 0 aliphatic rings. The Kier molecular flexibility index (Phi) is 5.38. The molecule has 0 heterocycles. The van der Waals surface area contributed by atoms with Crippen LogP contribution in [-0.4, -0.2) is 34.3 Å². The van der Waals surface area contributed by atoms with Gasteiger partial charge in [0.2, 0.25) is 10.0 Å². The number of methoxy groups -OCH3 is 1. The summed E-state index contributed by atoms with van der Waals surface area (Å²) in [5.74, 6) is 0.510. The fourth-order valence-corrected chi connectivity index (χ4v) is 3.00. The van der Waals surface area contributed by atoms with Gasteiger partial charge in [0.1, 0.15) is 10.6 Å². The zero-order chi connectivity index (χ0) is 15.4. The standard InChI is InChI=1S/C13H22N2O4S/c1-5-19-13(2,3)9-15-20(16,17)12-7-6-10(18-4)8-11(12)14/h6-8,15H,5,9,14H2,1-4H3. The molecular formula is C13H22N2O4S. The van der Waals surface area contributed by atoms with Crippen molar-refractivity contribution in [2.24, 2.45) is 0 Å². The van der Waals surface area contributed by atoms with Crippen LogP contribution in [0, 0.1) is 0 Å². The Morgan fingerprint density at radius 1 is 1.35 bits per heavy atom. The molecule has 0 unspecified atom stereocenters. The lowest BCUT2D eigenvalue weighted by Gasteiger charge is -2.25. The summed E-state index contributed by atoms with van der Waals surface area (Å²) in [6, 6.07) is 4.45. The third-order valence-electron chi connectivity index (χ3n) is 2.73. The fourth-order valence-electron chi connectivity index (χ4n) is 1.69. The summed E-state index contributed by atoms with van der Waals surface area (Å²) in [5.41, 5.74) is 5.31. The monoisotopic (exact) mass is 302 g/mol. The minimum atomic E-state index is -3.68. The van der Waals surface area contributed by atoms with Crippen LogP contribution in [-0.2, 0) is 14.8 Å². The van der Waals surface area contributed by atoms with Crippen LogP contribution >= 0.6 is 0 Å². The maximum Gasteiger partial charge on any atom is 0.242 e. The van der Waals surface area contributed by atoms with E-state index in [0.29, 0.717) is 12.4 Å². The maximum atomic E-state index is 12.2. The Balaban J connectivity index is 2.89. The van der Waals surface area contributed by atoms with E-state index in [0.717, 1.165) is 0 Å². The third kappa shape index (κ3) is 4.36. The van der Waals surface area contributed by atoms with Crippen molar-refractivity contribution < 1.29 is 17.9 Å².